The molecule has 0 amide bonds. The van der Waals surface area contributed by atoms with Crippen molar-refractivity contribution in [2.45, 2.75) is 25.4 Å². The number of hydrogen-bond acceptors (Lipinski definition) is 3. The lowest BCUT2D eigenvalue weighted by atomic mass is 10.1. The summed E-state index contributed by atoms with van der Waals surface area (Å²) in [7, 11) is 3.14. The van der Waals surface area contributed by atoms with Gasteiger partial charge in [0.15, 0.2) is 11.5 Å². The minimum Gasteiger partial charge on any atom is -0.493 e. The Hall–Kier alpha value is -1.43. The van der Waals surface area contributed by atoms with E-state index in [0.717, 1.165) is 12.0 Å². The summed E-state index contributed by atoms with van der Waals surface area (Å²) < 4.78 is 46.1. The lowest BCUT2D eigenvalue weighted by molar-refractivity contribution is -0.135. The van der Waals surface area contributed by atoms with Crippen molar-refractivity contribution in [2.75, 3.05) is 27.3 Å². The Morgan fingerprint density at radius 2 is 1.75 bits per heavy atom. The Bertz CT molecular complexity index is 408. The highest BCUT2D eigenvalue weighted by Gasteiger charge is 2.25. The normalized spacial score (nSPS) is 11.4. The molecule has 1 aromatic carbocycles. The van der Waals surface area contributed by atoms with Crippen LogP contribution in [0.2, 0.25) is 0 Å². The Labute approximate surface area is 117 Å². The molecule has 114 valence electrons. The van der Waals surface area contributed by atoms with Gasteiger partial charge in [-0.05, 0) is 43.6 Å². The molecule has 0 radical (unpaired) electrons. The Balaban J connectivity index is 2.28. The number of benzene rings is 1. The van der Waals surface area contributed by atoms with Gasteiger partial charge in [0, 0.05) is 6.42 Å². The minimum absolute atomic E-state index is 0.107. The molecule has 0 aliphatic carbocycles. The molecule has 1 aromatic rings. The minimum atomic E-state index is -4.06. The fourth-order valence-electron chi connectivity index (χ4n) is 1.81. The van der Waals surface area contributed by atoms with Crippen LogP contribution in [0, 0.1) is 0 Å². The number of methoxy groups -OCH3 is 2. The average molecular weight is 291 g/mol. The smallest absolute Gasteiger partial charge is 0.389 e. The molecule has 3 nitrogen and oxygen atoms in total. The molecule has 20 heavy (non-hydrogen) atoms. The predicted molar refractivity (Wildman–Crippen MR) is 71.4 cm³/mol. The maximum Gasteiger partial charge on any atom is 0.389 e. The second kappa shape index (κ2) is 7.99. The predicted octanol–water partition coefficient (Wildman–Crippen LogP) is 3.18. The quantitative estimate of drug-likeness (QED) is 0.746. The molecule has 0 spiro atoms. The molecule has 6 heteroatoms. The zero-order valence-corrected chi connectivity index (χ0v) is 11.7. The van der Waals surface area contributed by atoms with Gasteiger partial charge in [0.25, 0.3) is 0 Å². The van der Waals surface area contributed by atoms with E-state index in [0.29, 0.717) is 24.6 Å². The highest BCUT2D eigenvalue weighted by Crippen LogP contribution is 2.27. The van der Waals surface area contributed by atoms with Gasteiger partial charge in [0.2, 0.25) is 0 Å². The van der Waals surface area contributed by atoms with Gasteiger partial charge >= 0.3 is 6.18 Å². The molecule has 0 aliphatic heterocycles. The summed E-state index contributed by atoms with van der Waals surface area (Å²) in [6.45, 7) is 1.00. The SMILES string of the molecule is COc1ccc(CCNCCCC(F)(F)F)cc1OC. The lowest BCUT2D eigenvalue weighted by Gasteiger charge is -2.10. The fraction of sp³-hybridized carbons (Fsp3) is 0.571. The first kappa shape index (κ1) is 16.6. The van der Waals surface area contributed by atoms with Gasteiger partial charge in [-0.3, -0.25) is 0 Å². The van der Waals surface area contributed by atoms with Crippen molar-refractivity contribution >= 4 is 0 Å². The van der Waals surface area contributed by atoms with E-state index in [1.54, 1.807) is 14.2 Å². The van der Waals surface area contributed by atoms with Gasteiger partial charge in [-0.2, -0.15) is 13.2 Å². The van der Waals surface area contributed by atoms with Crippen molar-refractivity contribution in [1.29, 1.82) is 0 Å². The molecule has 0 bridgehead atoms. The number of hydrogen-bond donors (Lipinski definition) is 1. The fourth-order valence-corrected chi connectivity index (χ4v) is 1.81. The molecular formula is C14H20F3NO2. The van der Waals surface area contributed by atoms with Gasteiger partial charge in [-0.1, -0.05) is 6.07 Å². The maximum absolute atomic E-state index is 11.9. The first-order valence-electron chi connectivity index (χ1n) is 6.44. The van der Waals surface area contributed by atoms with Gasteiger partial charge in [0.05, 0.1) is 14.2 Å². The highest BCUT2D eigenvalue weighted by molar-refractivity contribution is 5.42. The molecule has 0 saturated heterocycles. The van der Waals surface area contributed by atoms with E-state index in [-0.39, 0.29) is 6.42 Å². The molecule has 1 rings (SSSR count). The van der Waals surface area contributed by atoms with Crippen LogP contribution in [-0.4, -0.2) is 33.5 Å². The van der Waals surface area contributed by atoms with Crippen LogP contribution in [0.25, 0.3) is 0 Å². The summed E-state index contributed by atoms with van der Waals surface area (Å²) in [5.74, 6) is 1.32. The molecule has 0 fully saturated rings. The third-order valence-electron chi connectivity index (χ3n) is 2.85. The zero-order chi connectivity index (χ0) is 15.0. The summed E-state index contributed by atoms with van der Waals surface area (Å²) in [5.41, 5.74) is 1.05. The van der Waals surface area contributed by atoms with Crippen LogP contribution in [0.5, 0.6) is 11.5 Å². The standard InChI is InChI=1S/C14H20F3NO2/c1-19-12-5-4-11(10-13(12)20-2)6-9-18-8-3-7-14(15,16)17/h4-5,10,18H,3,6-9H2,1-2H3. The summed E-state index contributed by atoms with van der Waals surface area (Å²) in [6.07, 6.45) is -3.97. The van der Waals surface area contributed by atoms with Gasteiger partial charge < -0.3 is 14.8 Å². The number of alkyl halides is 3. The van der Waals surface area contributed by atoms with Crippen LogP contribution >= 0.6 is 0 Å². The lowest BCUT2D eigenvalue weighted by Crippen LogP contribution is -2.20. The van der Waals surface area contributed by atoms with Gasteiger partial charge in [0.1, 0.15) is 0 Å². The number of nitrogens with one attached hydrogen (secondary N) is 1. The molecule has 0 atom stereocenters. The molecule has 0 aromatic heterocycles. The van der Waals surface area contributed by atoms with Crippen molar-refractivity contribution in [3.63, 3.8) is 0 Å². The number of halogens is 3. The van der Waals surface area contributed by atoms with Crippen LogP contribution in [-0.2, 0) is 6.42 Å². The van der Waals surface area contributed by atoms with Crippen LogP contribution in [0.15, 0.2) is 18.2 Å². The first-order valence-corrected chi connectivity index (χ1v) is 6.44. The van der Waals surface area contributed by atoms with Crippen molar-refractivity contribution in [3.05, 3.63) is 23.8 Å². The zero-order valence-electron chi connectivity index (χ0n) is 11.7. The van der Waals surface area contributed by atoms with Crippen molar-refractivity contribution < 1.29 is 22.6 Å². The monoisotopic (exact) mass is 291 g/mol. The molecule has 1 N–H and O–H groups in total. The second-order valence-electron chi connectivity index (χ2n) is 4.41. The number of rotatable bonds is 8. The van der Waals surface area contributed by atoms with E-state index in [2.05, 4.69) is 5.32 Å². The first-order chi connectivity index (χ1) is 9.46. The van der Waals surface area contributed by atoms with Crippen LogP contribution in [0.4, 0.5) is 13.2 Å². The Morgan fingerprint density at radius 1 is 1.05 bits per heavy atom. The number of ether oxygens (including phenoxy) is 2. The Kier molecular flexibility index (Phi) is 6.64. The van der Waals surface area contributed by atoms with Crippen LogP contribution in [0.3, 0.4) is 0 Å². The van der Waals surface area contributed by atoms with Crippen molar-refractivity contribution in [2.24, 2.45) is 0 Å². The van der Waals surface area contributed by atoms with E-state index >= 15 is 0 Å². The Morgan fingerprint density at radius 3 is 2.35 bits per heavy atom. The van der Waals surface area contributed by atoms with Gasteiger partial charge in [-0.15, -0.1) is 0 Å². The molecular weight excluding hydrogens is 271 g/mol. The summed E-state index contributed by atoms with van der Waals surface area (Å²) >= 11 is 0. The third-order valence-corrected chi connectivity index (χ3v) is 2.85. The van der Waals surface area contributed by atoms with E-state index in [9.17, 15) is 13.2 Å². The van der Waals surface area contributed by atoms with E-state index < -0.39 is 12.6 Å². The molecule has 0 aliphatic rings. The van der Waals surface area contributed by atoms with E-state index in [4.69, 9.17) is 9.47 Å². The average Bonchev–Trinajstić information content (AvgIpc) is 2.41. The van der Waals surface area contributed by atoms with Crippen LogP contribution < -0.4 is 14.8 Å². The van der Waals surface area contributed by atoms with Crippen molar-refractivity contribution in [1.82, 2.24) is 5.32 Å². The van der Waals surface area contributed by atoms with E-state index in [1.807, 2.05) is 18.2 Å². The third kappa shape index (κ3) is 6.14. The maximum atomic E-state index is 11.9. The highest BCUT2D eigenvalue weighted by atomic mass is 19.4. The molecule has 0 unspecified atom stereocenters. The topological polar surface area (TPSA) is 30.5 Å². The summed E-state index contributed by atoms with van der Waals surface area (Å²) in [5, 5.41) is 3.00. The second-order valence-corrected chi connectivity index (χ2v) is 4.41. The summed E-state index contributed by atoms with van der Waals surface area (Å²) in [6, 6.07) is 5.60. The largest absolute Gasteiger partial charge is 0.493 e. The van der Waals surface area contributed by atoms with Crippen molar-refractivity contribution in [3.8, 4) is 11.5 Å². The van der Waals surface area contributed by atoms with Crippen LogP contribution in [0.1, 0.15) is 18.4 Å². The molecule has 0 saturated carbocycles. The van der Waals surface area contributed by atoms with Gasteiger partial charge in [-0.25, -0.2) is 0 Å². The van der Waals surface area contributed by atoms with E-state index in [1.165, 1.54) is 0 Å². The molecule has 0 heterocycles. The summed E-state index contributed by atoms with van der Waals surface area (Å²) in [4.78, 5) is 0.